The fraction of sp³-hybridized carbons (Fsp3) is 0.556. The predicted octanol–water partition coefficient (Wildman–Crippen LogP) is 0.915. The van der Waals surface area contributed by atoms with E-state index in [9.17, 15) is 9.59 Å². The van der Waals surface area contributed by atoms with Gasteiger partial charge in [-0.2, -0.15) is 12.6 Å². The molecule has 1 atom stereocenters. The molecule has 2 amide bonds. The Morgan fingerprint density at radius 1 is 1.46 bits per heavy atom. The standard InChI is InChI=1S/C9H13NO2S/c11-8-6-7(9(12)10-8)4-2-1-3-5-13/h1-2,7,13H,3-6H2,(H,10,11,12)/b2-1+. The summed E-state index contributed by atoms with van der Waals surface area (Å²) in [5, 5.41) is 2.28. The van der Waals surface area contributed by atoms with E-state index in [4.69, 9.17) is 0 Å². The molecule has 1 aliphatic rings. The minimum atomic E-state index is -0.155. The Balaban J connectivity index is 2.29. The molecule has 1 aliphatic heterocycles. The van der Waals surface area contributed by atoms with Gasteiger partial charge in [0.05, 0.1) is 5.92 Å². The van der Waals surface area contributed by atoms with E-state index in [1.54, 1.807) is 0 Å². The summed E-state index contributed by atoms with van der Waals surface area (Å²) in [5.74, 6) is 0.369. The van der Waals surface area contributed by atoms with Crippen LogP contribution in [0, 0.1) is 5.92 Å². The van der Waals surface area contributed by atoms with Gasteiger partial charge >= 0.3 is 0 Å². The first kappa shape index (κ1) is 10.3. The first-order valence-corrected chi connectivity index (χ1v) is 4.97. The van der Waals surface area contributed by atoms with Crippen molar-refractivity contribution in [2.45, 2.75) is 19.3 Å². The van der Waals surface area contributed by atoms with Crippen molar-refractivity contribution in [1.82, 2.24) is 5.32 Å². The lowest BCUT2D eigenvalue weighted by molar-refractivity contribution is -0.125. The van der Waals surface area contributed by atoms with Crippen molar-refractivity contribution in [3.8, 4) is 0 Å². The van der Waals surface area contributed by atoms with Gasteiger partial charge in [0.2, 0.25) is 11.8 Å². The SMILES string of the molecule is O=C1CC(C/C=C/CCS)C(=O)N1. The molecule has 0 saturated carbocycles. The summed E-state index contributed by atoms with van der Waals surface area (Å²) >= 11 is 4.05. The molecule has 0 bridgehead atoms. The zero-order valence-corrected chi connectivity index (χ0v) is 8.22. The van der Waals surface area contributed by atoms with E-state index in [1.807, 2.05) is 12.2 Å². The molecule has 3 nitrogen and oxygen atoms in total. The molecule has 1 saturated heterocycles. The van der Waals surface area contributed by atoms with Crippen molar-refractivity contribution >= 4 is 24.4 Å². The van der Waals surface area contributed by atoms with Crippen LogP contribution in [0.3, 0.4) is 0 Å². The second-order valence-corrected chi connectivity index (χ2v) is 3.48. The number of hydrogen-bond acceptors (Lipinski definition) is 3. The Morgan fingerprint density at radius 3 is 2.77 bits per heavy atom. The summed E-state index contributed by atoms with van der Waals surface area (Å²) in [6, 6.07) is 0. The smallest absolute Gasteiger partial charge is 0.230 e. The Morgan fingerprint density at radius 2 is 2.23 bits per heavy atom. The summed E-state index contributed by atoms with van der Waals surface area (Å²) in [5.41, 5.74) is 0. The van der Waals surface area contributed by atoms with Crippen molar-refractivity contribution in [2.75, 3.05) is 5.75 Å². The summed E-state index contributed by atoms with van der Waals surface area (Å²) < 4.78 is 0. The summed E-state index contributed by atoms with van der Waals surface area (Å²) in [7, 11) is 0. The highest BCUT2D eigenvalue weighted by molar-refractivity contribution is 7.80. The second-order valence-electron chi connectivity index (χ2n) is 3.03. The molecule has 1 unspecified atom stereocenters. The van der Waals surface area contributed by atoms with Crippen LogP contribution in [0.25, 0.3) is 0 Å². The van der Waals surface area contributed by atoms with Gasteiger partial charge in [0.25, 0.3) is 0 Å². The van der Waals surface area contributed by atoms with Gasteiger partial charge in [-0.25, -0.2) is 0 Å². The van der Waals surface area contributed by atoms with Crippen LogP contribution in [0.1, 0.15) is 19.3 Å². The summed E-state index contributed by atoms with van der Waals surface area (Å²) in [6.07, 6.45) is 5.84. The van der Waals surface area contributed by atoms with Gasteiger partial charge in [0.1, 0.15) is 0 Å². The highest BCUT2D eigenvalue weighted by atomic mass is 32.1. The maximum Gasteiger partial charge on any atom is 0.230 e. The molecule has 1 fully saturated rings. The molecule has 0 aliphatic carbocycles. The number of imide groups is 1. The third-order valence-electron chi connectivity index (χ3n) is 1.95. The molecule has 0 spiro atoms. The Bertz CT molecular complexity index is 238. The monoisotopic (exact) mass is 199 g/mol. The molecule has 4 heteroatoms. The molecule has 13 heavy (non-hydrogen) atoms. The maximum absolute atomic E-state index is 11.1. The lowest BCUT2D eigenvalue weighted by atomic mass is 10.0. The zero-order valence-electron chi connectivity index (χ0n) is 7.32. The predicted molar refractivity (Wildman–Crippen MR) is 53.5 cm³/mol. The van der Waals surface area contributed by atoms with Crippen molar-refractivity contribution in [2.24, 2.45) is 5.92 Å². The highest BCUT2D eigenvalue weighted by Gasteiger charge is 2.28. The minimum absolute atomic E-state index is 0.138. The fourth-order valence-electron chi connectivity index (χ4n) is 1.25. The Kier molecular flexibility index (Phi) is 4.02. The molecular weight excluding hydrogens is 186 g/mol. The summed E-state index contributed by atoms with van der Waals surface area (Å²) in [6.45, 7) is 0. The number of carbonyl (C=O) groups is 2. The van der Waals surface area contributed by atoms with Crippen LogP contribution in [0.4, 0.5) is 0 Å². The molecule has 1 N–H and O–H groups in total. The van der Waals surface area contributed by atoms with Crippen LogP contribution in [-0.2, 0) is 9.59 Å². The Hall–Kier alpha value is -0.770. The Labute approximate surface area is 83.0 Å². The van der Waals surface area contributed by atoms with Crippen LogP contribution >= 0.6 is 12.6 Å². The highest BCUT2D eigenvalue weighted by Crippen LogP contribution is 2.15. The molecule has 1 heterocycles. The second kappa shape index (κ2) is 5.07. The third kappa shape index (κ3) is 3.22. The van der Waals surface area contributed by atoms with Crippen molar-refractivity contribution in [3.63, 3.8) is 0 Å². The molecule has 0 radical (unpaired) electrons. The van der Waals surface area contributed by atoms with Crippen molar-refractivity contribution in [3.05, 3.63) is 12.2 Å². The first-order chi connectivity index (χ1) is 6.24. The number of carbonyl (C=O) groups excluding carboxylic acids is 2. The van der Waals surface area contributed by atoms with Gasteiger partial charge in [-0.3, -0.25) is 14.9 Å². The van der Waals surface area contributed by atoms with Gasteiger partial charge < -0.3 is 0 Å². The van der Waals surface area contributed by atoms with Gasteiger partial charge in [-0.05, 0) is 18.6 Å². The van der Waals surface area contributed by atoms with Crippen LogP contribution < -0.4 is 5.32 Å². The molecule has 72 valence electrons. The first-order valence-electron chi connectivity index (χ1n) is 4.33. The van der Waals surface area contributed by atoms with E-state index in [1.165, 1.54) is 0 Å². The van der Waals surface area contributed by atoms with Crippen LogP contribution in [0.2, 0.25) is 0 Å². The van der Waals surface area contributed by atoms with Crippen LogP contribution in [-0.4, -0.2) is 17.6 Å². The fourth-order valence-corrected chi connectivity index (χ4v) is 1.40. The molecule has 0 aromatic heterocycles. The maximum atomic E-state index is 11.1. The molecule has 0 aromatic rings. The van der Waals surface area contributed by atoms with Crippen LogP contribution in [0.15, 0.2) is 12.2 Å². The number of amides is 2. The zero-order chi connectivity index (χ0) is 9.68. The number of nitrogens with one attached hydrogen (secondary N) is 1. The number of hydrogen-bond donors (Lipinski definition) is 2. The molecule has 0 aromatic carbocycles. The van der Waals surface area contributed by atoms with Crippen molar-refractivity contribution < 1.29 is 9.59 Å². The van der Waals surface area contributed by atoms with E-state index in [0.717, 1.165) is 12.2 Å². The van der Waals surface area contributed by atoms with E-state index < -0.39 is 0 Å². The lowest BCUT2D eigenvalue weighted by Crippen LogP contribution is -2.21. The van der Waals surface area contributed by atoms with E-state index in [-0.39, 0.29) is 17.7 Å². The normalized spacial score (nSPS) is 22.7. The topological polar surface area (TPSA) is 46.2 Å². The van der Waals surface area contributed by atoms with E-state index >= 15 is 0 Å². The largest absolute Gasteiger partial charge is 0.296 e. The van der Waals surface area contributed by atoms with Gasteiger partial charge in [0, 0.05) is 6.42 Å². The number of thiol groups is 1. The van der Waals surface area contributed by atoms with E-state index in [0.29, 0.717) is 12.8 Å². The minimum Gasteiger partial charge on any atom is -0.296 e. The number of rotatable bonds is 4. The quantitative estimate of drug-likeness (QED) is 0.402. The third-order valence-corrected chi connectivity index (χ3v) is 2.21. The molecular formula is C9H13NO2S. The van der Waals surface area contributed by atoms with Gasteiger partial charge in [-0.1, -0.05) is 12.2 Å². The van der Waals surface area contributed by atoms with Gasteiger partial charge in [0.15, 0.2) is 0 Å². The average Bonchev–Trinajstić information content (AvgIpc) is 2.39. The average molecular weight is 199 g/mol. The van der Waals surface area contributed by atoms with Crippen molar-refractivity contribution in [1.29, 1.82) is 0 Å². The number of allylic oxidation sites excluding steroid dienone is 2. The summed E-state index contributed by atoms with van der Waals surface area (Å²) in [4.78, 5) is 21.9. The van der Waals surface area contributed by atoms with Crippen LogP contribution in [0.5, 0.6) is 0 Å². The lowest BCUT2D eigenvalue weighted by Gasteiger charge is -1.98. The molecule has 1 rings (SSSR count). The van der Waals surface area contributed by atoms with Gasteiger partial charge in [-0.15, -0.1) is 0 Å². The van der Waals surface area contributed by atoms with E-state index in [2.05, 4.69) is 17.9 Å².